The van der Waals surface area contributed by atoms with Crippen molar-refractivity contribution in [2.45, 2.75) is 6.61 Å². The van der Waals surface area contributed by atoms with Gasteiger partial charge in [0.1, 0.15) is 42.6 Å². The third kappa shape index (κ3) is 7.00. The number of amides is 1. The van der Waals surface area contributed by atoms with Gasteiger partial charge in [-0.1, -0.05) is 18.2 Å². The maximum Gasteiger partial charge on any atom is 0.247 e. The van der Waals surface area contributed by atoms with Gasteiger partial charge in [0.05, 0.1) is 29.4 Å². The average molecular weight is 562 g/mol. The molecule has 11 nitrogen and oxygen atoms in total. The number of carbonyl (C=O) groups excluding carboxylic acids is 1. The fraction of sp³-hybridized carbons (Fsp3) is 0.250. The lowest BCUT2D eigenvalue weighted by molar-refractivity contribution is -0.111. The third-order valence-corrected chi connectivity index (χ3v) is 6.44. The maximum absolute atomic E-state index is 12.2. The molecule has 2 aromatic heterocycles. The Balaban J connectivity index is 1.34. The molecule has 1 saturated heterocycles. The van der Waals surface area contributed by atoms with Crippen molar-refractivity contribution >= 4 is 45.6 Å². The molecule has 0 aliphatic carbocycles. The molecule has 206 valence electrons. The second-order valence-electron chi connectivity index (χ2n) is 8.86. The van der Waals surface area contributed by atoms with Gasteiger partial charge in [-0.3, -0.25) is 9.69 Å². The lowest BCUT2D eigenvalue weighted by Crippen LogP contribution is -2.38. The highest BCUT2D eigenvalue weighted by atomic mass is 35.5. The second kappa shape index (κ2) is 13.2. The number of hydrogen-bond donors (Lipinski definition) is 2. The van der Waals surface area contributed by atoms with Crippen LogP contribution in [0, 0.1) is 0 Å². The Bertz CT molecular complexity index is 1480. The smallest absolute Gasteiger partial charge is 0.247 e. The summed E-state index contributed by atoms with van der Waals surface area (Å²) in [6.07, 6.45) is 4.27. The van der Waals surface area contributed by atoms with Crippen molar-refractivity contribution in [3.63, 3.8) is 0 Å². The number of morpholine rings is 1. The molecule has 0 spiro atoms. The van der Waals surface area contributed by atoms with Crippen LogP contribution < -0.4 is 20.1 Å². The van der Waals surface area contributed by atoms with E-state index < -0.39 is 0 Å². The van der Waals surface area contributed by atoms with E-state index in [-0.39, 0.29) is 12.5 Å². The van der Waals surface area contributed by atoms with E-state index in [4.69, 9.17) is 25.8 Å². The Morgan fingerprint density at radius 3 is 2.77 bits per heavy atom. The van der Waals surface area contributed by atoms with E-state index in [1.165, 1.54) is 12.4 Å². The summed E-state index contributed by atoms with van der Waals surface area (Å²) >= 11 is 6.49. The number of anilines is 3. The van der Waals surface area contributed by atoms with Gasteiger partial charge in [0.25, 0.3) is 0 Å². The summed E-state index contributed by atoms with van der Waals surface area (Å²) in [6, 6.07) is 12.5. The van der Waals surface area contributed by atoms with Crippen LogP contribution in [0.3, 0.4) is 0 Å². The first kappa shape index (κ1) is 27.3. The zero-order valence-corrected chi connectivity index (χ0v) is 22.4. The van der Waals surface area contributed by atoms with Crippen molar-refractivity contribution in [2.24, 2.45) is 0 Å². The summed E-state index contributed by atoms with van der Waals surface area (Å²) in [5, 5.41) is 15.1. The number of benzene rings is 2. The number of carbonyl (C=O) groups is 1. The molecule has 40 heavy (non-hydrogen) atoms. The Morgan fingerprint density at radius 1 is 1.12 bits per heavy atom. The molecule has 2 aromatic carbocycles. The minimum absolute atomic E-state index is 0.243. The number of ether oxygens (including phenoxy) is 3. The highest BCUT2D eigenvalue weighted by molar-refractivity contribution is 6.32. The minimum Gasteiger partial charge on any atom is -0.490 e. The summed E-state index contributed by atoms with van der Waals surface area (Å²) < 4.78 is 17.3. The first-order valence-electron chi connectivity index (χ1n) is 12.7. The van der Waals surface area contributed by atoms with E-state index in [9.17, 15) is 4.79 Å². The number of aromatic nitrogens is 4. The predicted molar refractivity (Wildman–Crippen MR) is 152 cm³/mol. The summed E-state index contributed by atoms with van der Waals surface area (Å²) in [7, 11) is 0. The van der Waals surface area contributed by atoms with Crippen molar-refractivity contribution < 1.29 is 19.0 Å². The van der Waals surface area contributed by atoms with Gasteiger partial charge >= 0.3 is 0 Å². The van der Waals surface area contributed by atoms with Gasteiger partial charge in [-0.2, -0.15) is 10.2 Å². The van der Waals surface area contributed by atoms with Crippen LogP contribution in [-0.2, 0) is 16.1 Å². The topological polar surface area (TPSA) is 124 Å². The quantitative estimate of drug-likeness (QED) is 0.257. The highest BCUT2D eigenvalue weighted by Crippen LogP contribution is 2.35. The molecular formula is C28H28ClN7O4. The minimum atomic E-state index is -0.354. The van der Waals surface area contributed by atoms with Gasteiger partial charge < -0.3 is 24.8 Å². The second-order valence-corrected chi connectivity index (χ2v) is 9.26. The zero-order valence-electron chi connectivity index (χ0n) is 21.7. The average Bonchev–Trinajstić information content (AvgIpc) is 2.98. The lowest BCUT2D eigenvalue weighted by Gasteiger charge is -2.26. The van der Waals surface area contributed by atoms with E-state index >= 15 is 0 Å². The van der Waals surface area contributed by atoms with E-state index in [0.717, 1.165) is 19.6 Å². The van der Waals surface area contributed by atoms with Crippen molar-refractivity contribution in [3.8, 4) is 11.5 Å². The Kier molecular flexibility index (Phi) is 8.96. The van der Waals surface area contributed by atoms with E-state index in [1.54, 1.807) is 36.5 Å². The van der Waals surface area contributed by atoms with Crippen LogP contribution in [0.4, 0.5) is 17.2 Å². The van der Waals surface area contributed by atoms with Crippen molar-refractivity contribution in [2.75, 3.05) is 50.1 Å². The molecule has 1 amide bonds. The first-order valence-corrected chi connectivity index (χ1v) is 13.1. The molecule has 0 atom stereocenters. The van der Waals surface area contributed by atoms with Crippen LogP contribution in [-0.4, -0.2) is 70.4 Å². The lowest BCUT2D eigenvalue weighted by atomic mass is 10.1. The highest BCUT2D eigenvalue weighted by Gasteiger charge is 2.15. The SMILES string of the molecule is C=CC(=O)Nc1cc2c(Nc3ccc(OCc4cccnn4)c(Cl)c3)ncnc2cc1OCCN1CCOCC1. The fourth-order valence-corrected chi connectivity index (χ4v) is 4.32. The summed E-state index contributed by atoms with van der Waals surface area (Å²) in [6.45, 7) is 8.14. The third-order valence-electron chi connectivity index (χ3n) is 6.15. The molecule has 0 radical (unpaired) electrons. The summed E-state index contributed by atoms with van der Waals surface area (Å²) in [5.74, 6) is 1.20. The van der Waals surface area contributed by atoms with Crippen molar-refractivity contribution in [1.82, 2.24) is 25.1 Å². The molecule has 3 heterocycles. The van der Waals surface area contributed by atoms with Crippen LogP contribution in [0.1, 0.15) is 5.69 Å². The zero-order chi connectivity index (χ0) is 27.7. The number of hydrogen-bond acceptors (Lipinski definition) is 10. The normalized spacial score (nSPS) is 13.5. The van der Waals surface area contributed by atoms with Gasteiger partial charge in [0.15, 0.2) is 0 Å². The number of rotatable bonds is 11. The first-order chi connectivity index (χ1) is 19.6. The summed E-state index contributed by atoms with van der Waals surface area (Å²) in [4.78, 5) is 23.3. The molecule has 2 N–H and O–H groups in total. The largest absolute Gasteiger partial charge is 0.490 e. The van der Waals surface area contributed by atoms with E-state index in [1.807, 2.05) is 12.1 Å². The molecule has 1 aliphatic heterocycles. The van der Waals surface area contributed by atoms with Gasteiger partial charge in [-0.05, 0) is 42.5 Å². The molecule has 1 fully saturated rings. The molecule has 0 bridgehead atoms. The van der Waals surface area contributed by atoms with Crippen LogP contribution in [0.5, 0.6) is 11.5 Å². The standard InChI is InChI=1S/C28H28ClN7O4/c1-2-27(37)34-24-15-21-23(16-26(24)39-13-10-36-8-11-38-12-9-36)30-18-31-28(21)33-19-5-6-25(22(29)14-19)40-17-20-4-3-7-32-35-20/h2-7,14-16,18H,1,8-13,17H2,(H,34,37)(H,30,31,33). The number of fused-ring (bicyclic) bond motifs is 1. The Morgan fingerprint density at radius 2 is 2.00 bits per heavy atom. The maximum atomic E-state index is 12.2. The molecular weight excluding hydrogens is 534 g/mol. The fourth-order valence-electron chi connectivity index (χ4n) is 4.09. The van der Waals surface area contributed by atoms with Crippen LogP contribution >= 0.6 is 11.6 Å². The molecule has 12 heteroatoms. The van der Waals surface area contributed by atoms with E-state index in [0.29, 0.717) is 70.1 Å². The predicted octanol–water partition coefficient (Wildman–Crippen LogP) is 4.23. The van der Waals surface area contributed by atoms with Gasteiger partial charge in [-0.25, -0.2) is 9.97 Å². The molecule has 0 unspecified atom stereocenters. The van der Waals surface area contributed by atoms with Crippen molar-refractivity contribution in [3.05, 3.63) is 78.4 Å². The molecule has 0 saturated carbocycles. The van der Waals surface area contributed by atoms with Gasteiger partial charge in [-0.15, -0.1) is 0 Å². The summed E-state index contributed by atoms with van der Waals surface area (Å²) in [5.41, 5.74) is 2.52. The number of nitrogens with one attached hydrogen (secondary N) is 2. The number of nitrogens with zero attached hydrogens (tertiary/aromatic N) is 5. The van der Waals surface area contributed by atoms with E-state index in [2.05, 4.69) is 42.3 Å². The van der Waals surface area contributed by atoms with Crippen LogP contribution in [0.2, 0.25) is 5.02 Å². The molecule has 1 aliphatic rings. The van der Waals surface area contributed by atoms with Gasteiger partial charge in [0.2, 0.25) is 5.91 Å². The van der Waals surface area contributed by atoms with Crippen LogP contribution in [0.25, 0.3) is 10.9 Å². The monoisotopic (exact) mass is 561 g/mol. The van der Waals surface area contributed by atoms with Crippen molar-refractivity contribution in [1.29, 1.82) is 0 Å². The molecule has 5 rings (SSSR count). The Hall–Kier alpha value is -4.32. The number of halogens is 1. The van der Waals surface area contributed by atoms with Gasteiger partial charge in [0, 0.05) is 43.0 Å². The van der Waals surface area contributed by atoms with Crippen LogP contribution in [0.15, 0.2) is 67.6 Å². The molecule has 4 aromatic rings. The Labute approximate surface area is 236 Å².